The second-order valence-corrected chi connectivity index (χ2v) is 9.83. The van der Waals surface area contributed by atoms with Gasteiger partial charge in [0.25, 0.3) is 0 Å². The summed E-state index contributed by atoms with van der Waals surface area (Å²) >= 11 is 0. The SMILES string of the molecule is O=S(=O)(CC1CC(C2=CB(O)Oc3cnc4[nH]ccc4c32)C1)NCC1CC1. The van der Waals surface area contributed by atoms with E-state index in [2.05, 4.69) is 14.7 Å². The van der Waals surface area contributed by atoms with Crippen molar-refractivity contribution in [2.24, 2.45) is 17.8 Å². The Balaban J connectivity index is 1.31. The van der Waals surface area contributed by atoms with Crippen LogP contribution in [0.5, 0.6) is 5.75 Å². The summed E-state index contributed by atoms with van der Waals surface area (Å²) in [5.74, 6) is 3.43. The minimum Gasteiger partial charge on any atom is -0.531 e. The minimum atomic E-state index is -3.21. The number of nitrogens with zero attached hydrogens (tertiary/aromatic N) is 1. The molecule has 0 bridgehead atoms. The molecule has 3 aliphatic rings. The standard InChI is InChI=1S/C18H22BN3O4S/c23-19-7-15(17-14-3-4-20-18(14)21-9-16(17)26-19)13-5-12(6-13)10-27(24,25)22-8-11-1-2-11/h3-4,7,9,11-13,22-23H,1-2,5-6,8,10H2,(H,20,21). The maximum atomic E-state index is 12.2. The van der Waals surface area contributed by atoms with Gasteiger partial charge >= 0.3 is 7.12 Å². The Morgan fingerprint density at radius 2 is 2.15 bits per heavy atom. The maximum Gasteiger partial charge on any atom is 0.552 e. The highest BCUT2D eigenvalue weighted by atomic mass is 32.2. The fourth-order valence-electron chi connectivity index (χ4n) is 4.18. The smallest absolute Gasteiger partial charge is 0.531 e. The van der Waals surface area contributed by atoms with Gasteiger partial charge in [0.15, 0.2) is 0 Å². The first-order chi connectivity index (χ1) is 13.0. The summed E-state index contributed by atoms with van der Waals surface area (Å²) in [6.07, 6.45) is 7.34. The molecule has 2 aromatic rings. The number of pyridine rings is 1. The molecule has 5 rings (SSSR count). The van der Waals surface area contributed by atoms with E-state index in [1.807, 2.05) is 12.3 Å². The zero-order valence-corrected chi connectivity index (χ0v) is 15.7. The molecule has 3 N–H and O–H groups in total. The highest BCUT2D eigenvalue weighted by Gasteiger charge is 2.39. The molecule has 0 amide bonds. The minimum absolute atomic E-state index is 0.152. The molecule has 2 aromatic heterocycles. The van der Waals surface area contributed by atoms with Crippen molar-refractivity contribution in [1.82, 2.24) is 14.7 Å². The Hall–Kier alpha value is -1.84. The summed E-state index contributed by atoms with van der Waals surface area (Å²) < 4.78 is 32.7. The molecule has 27 heavy (non-hydrogen) atoms. The van der Waals surface area contributed by atoms with Gasteiger partial charge < -0.3 is 14.7 Å². The molecule has 0 radical (unpaired) electrons. The zero-order valence-electron chi connectivity index (χ0n) is 14.9. The summed E-state index contributed by atoms with van der Waals surface area (Å²) in [4.78, 5) is 7.42. The number of H-pyrrole nitrogens is 1. The Morgan fingerprint density at radius 3 is 2.93 bits per heavy atom. The van der Waals surface area contributed by atoms with Gasteiger partial charge in [-0.25, -0.2) is 18.1 Å². The molecule has 142 valence electrons. The lowest BCUT2D eigenvalue weighted by Gasteiger charge is -2.38. The van der Waals surface area contributed by atoms with E-state index in [9.17, 15) is 13.4 Å². The molecule has 9 heteroatoms. The second-order valence-electron chi connectivity index (χ2n) is 7.98. The number of rotatable bonds is 6. The van der Waals surface area contributed by atoms with Crippen LogP contribution in [-0.4, -0.2) is 42.8 Å². The summed E-state index contributed by atoms with van der Waals surface area (Å²) in [6.45, 7) is 0.582. The average Bonchev–Trinajstić information content (AvgIpc) is 3.30. The van der Waals surface area contributed by atoms with E-state index in [-0.39, 0.29) is 17.6 Å². The van der Waals surface area contributed by atoms with Crippen molar-refractivity contribution in [2.45, 2.75) is 25.7 Å². The van der Waals surface area contributed by atoms with Gasteiger partial charge in [0.2, 0.25) is 10.0 Å². The molecular formula is C18H22BN3O4S. The predicted octanol–water partition coefficient (Wildman–Crippen LogP) is 1.71. The largest absolute Gasteiger partial charge is 0.552 e. The van der Waals surface area contributed by atoms with E-state index in [1.165, 1.54) is 0 Å². The Kier molecular flexibility index (Phi) is 4.07. The van der Waals surface area contributed by atoms with Crippen LogP contribution in [0.4, 0.5) is 0 Å². The molecule has 1 aliphatic heterocycles. The third-order valence-corrected chi connectivity index (χ3v) is 7.35. The molecule has 0 aromatic carbocycles. The fraction of sp³-hybridized carbons (Fsp3) is 0.500. The molecule has 2 aliphatic carbocycles. The first kappa shape index (κ1) is 17.3. The maximum absolute atomic E-state index is 12.2. The van der Waals surface area contributed by atoms with Gasteiger partial charge in [-0.2, -0.15) is 0 Å². The van der Waals surface area contributed by atoms with E-state index in [1.54, 1.807) is 12.2 Å². The normalized spacial score (nSPS) is 24.9. The topological polar surface area (TPSA) is 104 Å². The van der Waals surface area contributed by atoms with Crippen LogP contribution in [0.25, 0.3) is 16.6 Å². The van der Waals surface area contributed by atoms with E-state index in [0.29, 0.717) is 18.2 Å². The van der Waals surface area contributed by atoms with Gasteiger partial charge in [0.1, 0.15) is 11.4 Å². The third-order valence-electron chi connectivity index (χ3n) is 5.83. The van der Waals surface area contributed by atoms with Crippen LogP contribution in [0.3, 0.4) is 0 Å². The molecular weight excluding hydrogens is 365 g/mol. The number of allylic oxidation sites excluding steroid dienone is 1. The lowest BCUT2D eigenvalue weighted by Crippen LogP contribution is -2.37. The van der Waals surface area contributed by atoms with Crippen LogP contribution in [0.1, 0.15) is 31.2 Å². The second kappa shape index (κ2) is 6.36. The van der Waals surface area contributed by atoms with Gasteiger partial charge in [-0.15, -0.1) is 0 Å². The molecule has 0 atom stereocenters. The summed E-state index contributed by atoms with van der Waals surface area (Å²) in [7, 11) is -4.20. The number of fused-ring (bicyclic) bond motifs is 3. The predicted molar refractivity (Wildman–Crippen MR) is 103 cm³/mol. The molecule has 2 saturated carbocycles. The van der Waals surface area contributed by atoms with Crippen LogP contribution >= 0.6 is 0 Å². The number of aromatic nitrogens is 2. The van der Waals surface area contributed by atoms with Crippen molar-refractivity contribution in [3.63, 3.8) is 0 Å². The Labute approximate surface area is 158 Å². The molecule has 0 saturated heterocycles. The lowest BCUT2D eigenvalue weighted by molar-refractivity contribution is 0.272. The fourth-order valence-corrected chi connectivity index (χ4v) is 5.68. The van der Waals surface area contributed by atoms with Gasteiger partial charge in [0, 0.05) is 23.7 Å². The zero-order chi connectivity index (χ0) is 18.6. The number of sulfonamides is 1. The van der Waals surface area contributed by atoms with Gasteiger partial charge in [0.05, 0.1) is 11.9 Å². The molecule has 0 unspecified atom stereocenters. The van der Waals surface area contributed by atoms with Crippen molar-refractivity contribution in [3.05, 3.63) is 30.0 Å². The van der Waals surface area contributed by atoms with Gasteiger partial charge in [-0.1, -0.05) is 0 Å². The van der Waals surface area contributed by atoms with Crippen LogP contribution in [0, 0.1) is 17.8 Å². The average molecular weight is 387 g/mol. The molecule has 2 fully saturated rings. The van der Waals surface area contributed by atoms with Crippen LogP contribution in [0.15, 0.2) is 24.4 Å². The number of hydrogen-bond donors (Lipinski definition) is 3. The Bertz CT molecular complexity index is 1010. The van der Waals surface area contributed by atoms with E-state index < -0.39 is 17.1 Å². The van der Waals surface area contributed by atoms with Crippen molar-refractivity contribution in [3.8, 4) is 5.75 Å². The number of aromatic amines is 1. The summed E-state index contributed by atoms with van der Waals surface area (Å²) in [6, 6.07) is 1.96. The number of hydrogen-bond acceptors (Lipinski definition) is 5. The Morgan fingerprint density at radius 1 is 1.33 bits per heavy atom. The van der Waals surface area contributed by atoms with Crippen LogP contribution < -0.4 is 9.38 Å². The number of nitrogens with one attached hydrogen (secondary N) is 2. The van der Waals surface area contributed by atoms with Crippen molar-refractivity contribution >= 4 is 33.7 Å². The van der Waals surface area contributed by atoms with E-state index in [4.69, 9.17) is 4.65 Å². The molecule has 7 nitrogen and oxygen atoms in total. The lowest BCUT2D eigenvalue weighted by atomic mass is 9.66. The molecule has 3 heterocycles. The van der Waals surface area contributed by atoms with Gasteiger partial charge in [-0.3, -0.25) is 0 Å². The van der Waals surface area contributed by atoms with Crippen LogP contribution in [0.2, 0.25) is 0 Å². The highest BCUT2D eigenvalue weighted by Crippen LogP contribution is 2.48. The first-order valence-corrected chi connectivity index (χ1v) is 11.1. The molecule has 0 spiro atoms. The van der Waals surface area contributed by atoms with Crippen LogP contribution in [-0.2, 0) is 10.0 Å². The third kappa shape index (κ3) is 3.39. The summed E-state index contributed by atoms with van der Waals surface area (Å²) in [5.41, 5.74) is 2.78. The quantitative estimate of drug-likeness (QED) is 0.655. The van der Waals surface area contributed by atoms with Crippen molar-refractivity contribution in [2.75, 3.05) is 12.3 Å². The highest BCUT2D eigenvalue weighted by molar-refractivity contribution is 7.89. The van der Waals surface area contributed by atoms with Gasteiger partial charge in [-0.05, 0) is 61.1 Å². The van der Waals surface area contributed by atoms with Crippen molar-refractivity contribution in [1.29, 1.82) is 0 Å². The van der Waals surface area contributed by atoms with Crippen molar-refractivity contribution < 1.29 is 18.1 Å². The van der Waals surface area contributed by atoms with E-state index in [0.717, 1.165) is 47.9 Å². The first-order valence-electron chi connectivity index (χ1n) is 9.49. The monoisotopic (exact) mass is 387 g/mol. The van der Waals surface area contributed by atoms with E-state index >= 15 is 0 Å². The summed E-state index contributed by atoms with van der Waals surface area (Å²) in [5, 5.41) is 11.0.